The number of carbonyl (C=O) groups excluding carboxylic acids is 2. The molecule has 1 unspecified atom stereocenters. The Morgan fingerprint density at radius 2 is 2.24 bits per heavy atom. The Hall–Kier alpha value is -2.06. The van der Waals surface area contributed by atoms with Crippen molar-refractivity contribution in [2.24, 2.45) is 0 Å². The maximum atomic E-state index is 13.0. The van der Waals surface area contributed by atoms with Crippen LogP contribution in [0.3, 0.4) is 0 Å². The summed E-state index contributed by atoms with van der Waals surface area (Å²) in [5.74, 6) is -0.552. The first-order valence-corrected chi connectivity index (χ1v) is 9.65. The zero-order chi connectivity index (χ0) is 18.4. The molecule has 0 aromatic carbocycles. The van der Waals surface area contributed by atoms with Crippen molar-refractivity contribution < 1.29 is 9.59 Å². The predicted molar refractivity (Wildman–Crippen MR) is 101 cm³/mol. The SMILES string of the molecule is C=CCN(C(=O)c1csnn1)C(C(=O)NC(C)(C)CC)c1cccs1. The number of nitrogens with one attached hydrogen (secondary N) is 1. The van der Waals surface area contributed by atoms with E-state index in [1.165, 1.54) is 16.2 Å². The van der Waals surface area contributed by atoms with E-state index in [0.29, 0.717) is 0 Å². The van der Waals surface area contributed by atoms with Gasteiger partial charge in [0.25, 0.3) is 5.91 Å². The Labute approximate surface area is 155 Å². The van der Waals surface area contributed by atoms with Crippen molar-refractivity contribution in [1.29, 1.82) is 0 Å². The fourth-order valence-electron chi connectivity index (χ4n) is 2.21. The molecule has 0 aliphatic rings. The summed E-state index contributed by atoms with van der Waals surface area (Å²) < 4.78 is 3.75. The maximum absolute atomic E-state index is 13.0. The van der Waals surface area contributed by atoms with Gasteiger partial charge in [0.1, 0.15) is 6.04 Å². The number of thiophene rings is 1. The van der Waals surface area contributed by atoms with Crippen molar-refractivity contribution in [2.75, 3.05) is 6.54 Å². The molecular formula is C17H22N4O2S2. The van der Waals surface area contributed by atoms with Gasteiger partial charge in [0.2, 0.25) is 5.91 Å². The molecule has 0 saturated heterocycles. The lowest BCUT2D eigenvalue weighted by Gasteiger charge is -2.33. The second kappa shape index (κ2) is 8.35. The van der Waals surface area contributed by atoms with E-state index in [4.69, 9.17) is 0 Å². The number of hydrogen-bond donors (Lipinski definition) is 1. The summed E-state index contributed by atoms with van der Waals surface area (Å²) in [7, 11) is 0. The van der Waals surface area contributed by atoms with Gasteiger partial charge in [-0.1, -0.05) is 23.6 Å². The summed E-state index contributed by atoms with van der Waals surface area (Å²) in [6.45, 7) is 9.88. The van der Waals surface area contributed by atoms with Crippen molar-refractivity contribution in [3.8, 4) is 0 Å². The predicted octanol–water partition coefficient (Wildman–Crippen LogP) is 3.27. The number of carbonyl (C=O) groups is 2. The second-order valence-corrected chi connectivity index (χ2v) is 7.77. The van der Waals surface area contributed by atoms with E-state index in [9.17, 15) is 9.59 Å². The van der Waals surface area contributed by atoms with Crippen LogP contribution >= 0.6 is 22.9 Å². The van der Waals surface area contributed by atoms with Crippen LogP contribution in [0.2, 0.25) is 0 Å². The molecule has 25 heavy (non-hydrogen) atoms. The summed E-state index contributed by atoms with van der Waals surface area (Å²) in [5.41, 5.74) is -0.131. The van der Waals surface area contributed by atoms with E-state index in [1.54, 1.807) is 11.5 Å². The van der Waals surface area contributed by atoms with Crippen LogP contribution in [0.15, 0.2) is 35.5 Å². The first-order valence-electron chi connectivity index (χ1n) is 7.94. The second-order valence-electron chi connectivity index (χ2n) is 6.18. The van der Waals surface area contributed by atoms with Crippen molar-refractivity contribution in [3.05, 3.63) is 46.1 Å². The van der Waals surface area contributed by atoms with Crippen LogP contribution in [0.1, 0.15) is 48.6 Å². The molecule has 2 aromatic heterocycles. The van der Waals surface area contributed by atoms with Crippen LogP contribution < -0.4 is 5.32 Å². The summed E-state index contributed by atoms with van der Waals surface area (Å²) >= 11 is 2.54. The number of rotatable bonds is 8. The third kappa shape index (κ3) is 4.73. The van der Waals surface area contributed by atoms with E-state index < -0.39 is 6.04 Å². The molecule has 0 aliphatic heterocycles. The minimum Gasteiger partial charge on any atom is -0.349 e. The number of hydrogen-bond acceptors (Lipinski definition) is 6. The van der Waals surface area contributed by atoms with Gasteiger partial charge in [0, 0.05) is 22.3 Å². The molecule has 134 valence electrons. The quantitative estimate of drug-likeness (QED) is 0.715. The topological polar surface area (TPSA) is 75.2 Å². The third-order valence-corrected chi connectivity index (χ3v) is 5.31. The van der Waals surface area contributed by atoms with Crippen molar-refractivity contribution in [3.63, 3.8) is 0 Å². The van der Waals surface area contributed by atoms with E-state index in [2.05, 4.69) is 21.5 Å². The van der Waals surface area contributed by atoms with Crippen LogP contribution in [-0.4, -0.2) is 38.4 Å². The van der Waals surface area contributed by atoms with Gasteiger partial charge in [-0.15, -0.1) is 23.0 Å². The van der Waals surface area contributed by atoms with E-state index in [1.807, 2.05) is 38.3 Å². The summed E-state index contributed by atoms with van der Waals surface area (Å²) in [5, 5.41) is 10.4. The van der Waals surface area contributed by atoms with Crippen LogP contribution in [0.4, 0.5) is 0 Å². The van der Waals surface area contributed by atoms with Crippen LogP contribution in [0.5, 0.6) is 0 Å². The van der Waals surface area contributed by atoms with Gasteiger partial charge in [-0.25, -0.2) is 0 Å². The highest BCUT2D eigenvalue weighted by Gasteiger charge is 2.35. The van der Waals surface area contributed by atoms with Gasteiger partial charge in [0.05, 0.1) is 0 Å². The zero-order valence-electron chi connectivity index (χ0n) is 14.6. The minimum absolute atomic E-state index is 0.215. The normalized spacial score (nSPS) is 12.4. The van der Waals surface area contributed by atoms with Crippen molar-refractivity contribution in [1.82, 2.24) is 19.8 Å². The Morgan fingerprint density at radius 1 is 1.48 bits per heavy atom. The van der Waals surface area contributed by atoms with Crippen molar-refractivity contribution in [2.45, 2.75) is 38.8 Å². The van der Waals surface area contributed by atoms with E-state index in [-0.39, 0.29) is 29.6 Å². The number of nitrogens with zero attached hydrogens (tertiary/aromatic N) is 3. The highest BCUT2D eigenvalue weighted by atomic mass is 32.1. The monoisotopic (exact) mass is 378 g/mol. The molecule has 0 saturated carbocycles. The fraction of sp³-hybridized carbons (Fsp3) is 0.412. The van der Waals surface area contributed by atoms with Crippen molar-refractivity contribution >= 4 is 34.7 Å². The highest BCUT2D eigenvalue weighted by molar-refractivity contribution is 7.10. The molecule has 0 spiro atoms. The van der Waals surface area contributed by atoms with Gasteiger partial charge >= 0.3 is 0 Å². The minimum atomic E-state index is -0.738. The summed E-state index contributed by atoms with van der Waals surface area (Å²) in [6, 6.07) is 2.99. The molecule has 2 aromatic rings. The van der Waals surface area contributed by atoms with Crippen LogP contribution in [0.25, 0.3) is 0 Å². The Kier molecular flexibility index (Phi) is 6.44. The molecule has 0 fully saturated rings. The molecule has 1 N–H and O–H groups in total. The van der Waals surface area contributed by atoms with Gasteiger partial charge in [0.15, 0.2) is 5.69 Å². The Bertz CT molecular complexity index is 711. The average Bonchev–Trinajstić information content (AvgIpc) is 3.27. The largest absolute Gasteiger partial charge is 0.349 e. The van der Waals surface area contributed by atoms with Gasteiger partial charge in [-0.3, -0.25) is 9.59 Å². The van der Waals surface area contributed by atoms with Gasteiger partial charge < -0.3 is 10.2 Å². The average molecular weight is 379 g/mol. The summed E-state index contributed by atoms with van der Waals surface area (Å²) in [6.07, 6.45) is 2.39. The molecule has 2 amide bonds. The molecule has 0 radical (unpaired) electrons. The third-order valence-electron chi connectivity index (χ3n) is 3.88. The van der Waals surface area contributed by atoms with Gasteiger partial charge in [-0.2, -0.15) is 0 Å². The molecule has 0 bridgehead atoms. The first-order chi connectivity index (χ1) is 11.9. The molecule has 6 nitrogen and oxygen atoms in total. The molecule has 2 heterocycles. The lowest BCUT2D eigenvalue weighted by atomic mass is 10.0. The Morgan fingerprint density at radius 3 is 2.76 bits per heavy atom. The molecule has 0 aliphatic carbocycles. The summed E-state index contributed by atoms with van der Waals surface area (Å²) in [4.78, 5) is 28.2. The first kappa shape index (κ1) is 19.3. The fourth-order valence-corrected chi connectivity index (χ4v) is 3.48. The molecule has 8 heteroatoms. The lowest BCUT2D eigenvalue weighted by Crippen LogP contribution is -2.50. The molecule has 2 rings (SSSR count). The van der Waals surface area contributed by atoms with E-state index >= 15 is 0 Å². The Balaban J connectivity index is 2.39. The van der Waals surface area contributed by atoms with Crippen LogP contribution in [0, 0.1) is 0 Å². The van der Waals surface area contributed by atoms with Crippen LogP contribution in [-0.2, 0) is 4.79 Å². The standard InChI is InChI=1S/C17H22N4O2S2/c1-5-9-21(16(23)12-11-25-20-19-12)14(13-8-7-10-24-13)15(22)18-17(3,4)6-2/h5,7-8,10-11,14H,1,6,9H2,2-4H3,(H,18,22). The van der Waals surface area contributed by atoms with E-state index in [0.717, 1.165) is 22.8 Å². The maximum Gasteiger partial charge on any atom is 0.276 e. The molecule has 1 atom stereocenters. The molecular weight excluding hydrogens is 356 g/mol. The number of aromatic nitrogens is 2. The zero-order valence-corrected chi connectivity index (χ0v) is 16.2. The number of amides is 2. The smallest absolute Gasteiger partial charge is 0.276 e. The highest BCUT2D eigenvalue weighted by Crippen LogP contribution is 2.28. The lowest BCUT2D eigenvalue weighted by molar-refractivity contribution is -0.127. The van der Waals surface area contributed by atoms with Gasteiger partial charge in [-0.05, 0) is 43.2 Å².